The molecule has 1 aromatic carbocycles. The molecule has 0 aliphatic heterocycles. The molecule has 6 heteroatoms. The van der Waals surface area contributed by atoms with Crippen molar-refractivity contribution < 1.29 is 22.0 Å². The Hall–Kier alpha value is -1.46. The van der Waals surface area contributed by atoms with E-state index < -0.39 is 34.6 Å². The van der Waals surface area contributed by atoms with E-state index in [0.29, 0.717) is 0 Å². The lowest BCUT2D eigenvalue weighted by Crippen LogP contribution is -2.05. The Morgan fingerprint density at radius 3 is 1.31 bits per heavy atom. The summed E-state index contributed by atoms with van der Waals surface area (Å²) in [5.74, 6) is -10.3. The molecule has 1 nitrogen and oxygen atoms in total. The van der Waals surface area contributed by atoms with Crippen molar-refractivity contribution >= 4 is 6.21 Å². The normalized spacial score (nSPS) is 10.2. The Labute approximate surface area is 69.3 Å². The largest absolute Gasteiger partial charge is 0.308 e. The van der Waals surface area contributed by atoms with Crippen molar-refractivity contribution in [2.45, 2.75) is 0 Å². The van der Waals surface area contributed by atoms with Crippen LogP contribution in [0.1, 0.15) is 5.56 Å². The fourth-order valence-corrected chi connectivity index (χ4v) is 0.749. The van der Waals surface area contributed by atoms with Gasteiger partial charge in [0.1, 0.15) is 0 Å². The predicted molar refractivity (Wildman–Crippen MR) is 34.1 cm³/mol. The second kappa shape index (κ2) is 3.12. The molecule has 13 heavy (non-hydrogen) atoms. The summed E-state index contributed by atoms with van der Waals surface area (Å²) in [6.07, 6.45) is 0.0657. The molecular weight excluding hydrogens is 193 g/mol. The van der Waals surface area contributed by atoms with Crippen LogP contribution in [0.15, 0.2) is 0 Å². The number of halogens is 5. The smallest absolute Gasteiger partial charge is 0.200 e. The molecule has 1 rings (SSSR count). The molecule has 0 spiro atoms. The van der Waals surface area contributed by atoms with E-state index in [4.69, 9.17) is 5.41 Å². The highest BCUT2D eigenvalue weighted by molar-refractivity contribution is 5.77. The van der Waals surface area contributed by atoms with Gasteiger partial charge in [0.25, 0.3) is 0 Å². The fourth-order valence-electron chi connectivity index (χ4n) is 0.749. The lowest BCUT2D eigenvalue weighted by atomic mass is 10.2. The Kier molecular flexibility index (Phi) is 2.31. The third kappa shape index (κ3) is 1.28. The number of benzene rings is 1. The lowest BCUT2D eigenvalue weighted by Gasteiger charge is -2.02. The SMILES string of the molecule is N=Cc1c(F)c(F)c(F)c(F)c1F. The zero-order valence-electron chi connectivity index (χ0n) is 5.97. The van der Waals surface area contributed by atoms with E-state index in [1.807, 2.05) is 0 Å². The van der Waals surface area contributed by atoms with Gasteiger partial charge in [0.2, 0.25) is 5.82 Å². The third-order valence-corrected chi connectivity index (χ3v) is 1.39. The number of nitrogens with one attached hydrogen (secondary N) is 1. The van der Waals surface area contributed by atoms with Gasteiger partial charge in [0.05, 0.1) is 5.56 Å². The van der Waals surface area contributed by atoms with E-state index in [9.17, 15) is 22.0 Å². The molecule has 0 heterocycles. The van der Waals surface area contributed by atoms with Gasteiger partial charge < -0.3 is 5.41 Å². The molecule has 0 aromatic heterocycles. The summed E-state index contributed by atoms with van der Waals surface area (Å²) < 4.78 is 62.0. The Bertz CT molecular complexity index is 345. The summed E-state index contributed by atoms with van der Waals surface area (Å²) >= 11 is 0. The minimum Gasteiger partial charge on any atom is -0.308 e. The van der Waals surface area contributed by atoms with E-state index in [0.717, 1.165) is 0 Å². The number of rotatable bonds is 1. The van der Waals surface area contributed by atoms with Gasteiger partial charge in [-0.25, -0.2) is 22.0 Å². The van der Waals surface area contributed by atoms with Crippen molar-refractivity contribution in [2.24, 2.45) is 0 Å². The molecular formula is C7H2F5N. The molecule has 0 saturated carbocycles. The molecule has 1 N–H and O–H groups in total. The monoisotopic (exact) mass is 195 g/mol. The van der Waals surface area contributed by atoms with Gasteiger partial charge in [0.15, 0.2) is 23.3 Å². The van der Waals surface area contributed by atoms with Gasteiger partial charge >= 0.3 is 0 Å². The van der Waals surface area contributed by atoms with Crippen molar-refractivity contribution in [3.05, 3.63) is 34.6 Å². The van der Waals surface area contributed by atoms with Crippen LogP contribution >= 0.6 is 0 Å². The summed E-state index contributed by atoms with van der Waals surface area (Å²) in [7, 11) is 0. The average Bonchev–Trinajstić information content (AvgIpc) is 2.13. The first kappa shape index (κ1) is 9.63. The summed E-state index contributed by atoms with van der Waals surface area (Å²) in [6, 6.07) is 0. The average molecular weight is 195 g/mol. The maximum atomic E-state index is 12.5. The van der Waals surface area contributed by atoms with Crippen LogP contribution in [0, 0.1) is 34.5 Å². The first-order chi connectivity index (χ1) is 6.00. The van der Waals surface area contributed by atoms with E-state index in [2.05, 4.69) is 0 Å². The molecule has 0 aliphatic rings. The molecule has 0 aliphatic carbocycles. The minimum atomic E-state index is -2.22. The van der Waals surface area contributed by atoms with E-state index >= 15 is 0 Å². The molecule has 1 aromatic rings. The number of hydrogen-bond acceptors (Lipinski definition) is 1. The highest BCUT2D eigenvalue weighted by Crippen LogP contribution is 2.21. The van der Waals surface area contributed by atoms with Crippen LogP contribution < -0.4 is 0 Å². The standard InChI is InChI=1S/C7H2F5N/c8-3-2(1-13)4(9)6(11)7(12)5(3)10/h1,13H. The minimum absolute atomic E-state index is 0.0657. The third-order valence-electron chi connectivity index (χ3n) is 1.39. The van der Waals surface area contributed by atoms with E-state index in [1.165, 1.54) is 0 Å². The molecule has 0 fully saturated rings. The van der Waals surface area contributed by atoms with Crippen LogP contribution in [0.25, 0.3) is 0 Å². The van der Waals surface area contributed by atoms with Crippen LogP contribution in [0.3, 0.4) is 0 Å². The van der Waals surface area contributed by atoms with Gasteiger partial charge in [-0.15, -0.1) is 0 Å². The zero-order chi connectivity index (χ0) is 10.2. The predicted octanol–water partition coefficient (Wildman–Crippen LogP) is 2.38. The molecule has 0 amide bonds. The number of hydrogen-bond donors (Lipinski definition) is 1. The van der Waals surface area contributed by atoms with E-state index in [1.54, 1.807) is 0 Å². The summed E-state index contributed by atoms with van der Waals surface area (Å²) in [6.45, 7) is 0. The molecule has 0 radical (unpaired) electrons. The van der Waals surface area contributed by atoms with Crippen molar-refractivity contribution in [2.75, 3.05) is 0 Å². The second-order valence-corrected chi connectivity index (χ2v) is 2.13. The van der Waals surface area contributed by atoms with Crippen LogP contribution in [0.5, 0.6) is 0 Å². The topological polar surface area (TPSA) is 23.9 Å². The molecule has 0 saturated heterocycles. The molecule has 0 atom stereocenters. The molecule has 0 bridgehead atoms. The van der Waals surface area contributed by atoms with Crippen LogP contribution in [-0.4, -0.2) is 6.21 Å². The van der Waals surface area contributed by atoms with Crippen LogP contribution in [0.2, 0.25) is 0 Å². The first-order valence-corrected chi connectivity index (χ1v) is 3.02. The zero-order valence-corrected chi connectivity index (χ0v) is 5.97. The summed E-state index contributed by atoms with van der Waals surface area (Å²) in [5.41, 5.74) is -1.24. The molecule has 0 unspecified atom stereocenters. The van der Waals surface area contributed by atoms with Gasteiger partial charge in [-0.1, -0.05) is 0 Å². The summed E-state index contributed by atoms with van der Waals surface area (Å²) in [5, 5.41) is 6.43. The molecule has 70 valence electrons. The summed E-state index contributed by atoms with van der Waals surface area (Å²) in [4.78, 5) is 0. The van der Waals surface area contributed by atoms with Crippen molar-refractivity contribution in [3.63, 3.8) is 0 Å². The Balaban J connectivity index is 3.66. The highest BCUT2D eigenvalue weighted by Gasteiger charge is 2.24. The second-order valence-electron chi connectivity index (χ2n) is 2.13. The van der Waals surface area contributed by atoms with Gasteiger partial charge in [-0.05, 0) is 0 Å². The van der Waals surface area contributed by atoms with Crippen molar-refractivity contribution in [1.29, 1.82) is 5.41 Å². The quantitative estimate of drug-likeness (QED) is 0.308. The van der Waals surface area contributed by atoms with Crippen molar-refractivity contribution in [3.8, 4) is 0 Å². The van der Waals surface area contributed by atoms with Gasteiger partial charge in [-0.2, -0.15) is 0 Å². The maximum Gasteiger partial charge on any atom is 0.200 e. The lowest BCUT2D eigenvalue weighted by molar-refractivity contribution is 0.377. The van der Waals surface area contributed by atoms with E-state index in [-0.39, 0.29) is 6.21 Å². The van der Waals surface area contributed by atoms with Crippen LogP contribution in [0.4, 0.5) is 22.0 Å². The highest BCUT2D eigenvalue weighted by atomic mass is 19.2. The Morgan fingerprint density at radius 2 is 1.00 bits per heavy atom. The maximum absolute atomic E-state index is 12.5. The Morgan fingerprint density at radius 1 is 0.692 bits per heavy atom. The van der Waals surface area contributed by atoms with Gasteiger partial charge in [-0.3, -0.25) is 0 Å². The first-order valence-electron chi connectivity index (χ1n) is 3.02. The fraction of sp³-hybridized carbons (Fsp3) is 0. The van der Waals surface area contributed by atoms with Gasteiger partial charge in [0, 0.05) is 6.21 Å². The van der Waals surface area contributed by atoms with Crippen molar-refractivity contribution in [1.82, 2.24) is 0 Å². The van der Waals surface area contributed by atoms with Crippen LogP contribution in [-0.2, 0) is 0 Å².